The summed E-state index contributed by atoms with van der Waals surface area (Å²) in [5.41, 5.74) is 9.30. The number of aromatic nitrogens is 1. The molecule has 5 N–H and O–H groups in total. The van der Waals surface area contributed by atoms with Gasteiger partial charge in [-0.3, -0.25) is 18.9 Å². The number of carbonyl (C=O) groups is 1. The maximum absolute atomic E-state index is 12.9. The van der Waals surface area contributed by atoms with Crippen molar-refractivity contribution in [2.24, 2.45) is 11.6 Å². The van der Waals surface area contributed by atoms with Crippen molar-refractivity contribution in [3.05, 3.63) is 106 Å². The normalized spacial score (nSPS) is 13.4. The van der Waals surface area contributed by atoms with Crippen LogP contribution in [0.4, 0.5) is 11.5 Å². The Morgan fingerprint density at radius 1 is 1.00 bits per heavy atom. The fourth-order valence-electron chi connectivity index (χ4n) is 4.41. The summed E-state index contributed by atoms with van der Waals surface area (Å²) in [6.07, 6.45) is 1.60. The minimum atomic E-state index is -0.121. The van der Waals surface area contributed by atoms with Crippen LogP contribution in [0.5, 0.6) is 0 Å². The molecule has 1 aromatic heterocycles. The molecule has 0 spiro atoms. The molecule has 1 saturated heterocycles. The number of para-hydroxylation sites is 1. The van der Waals surface area contributed by atoms with Gasteiger partial charge in [0.25, 0.3) is 5.91 Å². The van der Waals surface area contributed by atoms with E-state index in [0.29, 0.717) is 59.7 Å². The number of rotatable bonds is 7. The maximum atomic E-state index is 12.9. The first kappa shape index (κ1) is 29.7. The van der Waals surface area contributed by atoms with Crippen LogP contribution < -0.4 is 26.9 Å². The van der Waals surface area contributed by atoms with Gasteiger partial charge < -0.3 is 20.4 Å². The third-order valence-corrected chi connectivity index (χ3v) is 7.40. The molecule has 10 heteroatoms. The summed E-state index contributed by atoms with van der Waals surface area (Å²) in [6, 6.07) is 23.7. The van der Waals surface area contributed by atoms with Gasteiger partial charge in [-0.2, -0.15) is 0 Å². The molecule has 0 aliphatic carbocycles. The molecule has 0 radical (unpaired) electrons. The molecule has 0 unspecified atom stereocenters. The fraction of sp³-hybridized carbons (Fsp3) is 0.226. The fourth-order valence-corrected chi connectivity index (χ4v) is 5.19. The number of aromatic amines is 1. The molecule has 4 aromatic rings. The maximum Gasteiger partial charge on any atom is 0.263 e. The topological polar surface area (TPSA) is 121 Å². The molecule has 0 bridgehead atoms. The second-order valence-electron chi connectivity index (χ2n) is 9.09. The van der Waals surface area contributed by atoms with Gasteiger partial charge in [-0.05, 0) is 54.4 Å². The van der Waals surface area contributed by atoms with Crippen LogP contribution in [0.1, 0.15) is 29.8 Å². The van der Waals surface area contributed by atoms with Gasteiger partial charge >= 0.3 is 0 Å². The van der Waals surface area contributed by atoms with E-state index in [0.717, 1.165) is 10.7 Å². The third-order valence-electron chi connectivity index (χ3n) is 6.48. The highest BCUT2D eigenvalue weighted by molar-refractivity contribution is 7.97. The molecule has 214 valence electrons. The summed E-state index contributed by atoms with van der Waals surface area (Å²) in [5.74, 6) is 6.94. The van der Waals surface area contributed by atoms with Gasteiger partial charge in [-0.1, -0.05) is 44.2 Å². The Bertz CT molecular complexity index is 1550. The number of nitrogens with one attached hydrogen (secondary N) is 1. The smallest absolute Gasteiger partial charge is 0.263 e. The summed E-state index contributed by atoms with van der Waals surface area (Å²) in [5, 5.41) is 1.94. The number of nitrogens with zero attached hydrogens (tertiary/aromatic N) is 3. The molecular weight excluding hydrogens is 536 g/mol. The lowest BCUT2D eigenvalue weighted by Crippen LogP contribution is -2.37. The van der Waals surface area contributed by atoms with E-state index >= 15 is 0 Å². The summed E-state index contributed by atoms with van der Waals surface area (Å²) in [6.45, 7) is 6.62. The molecule has 3 aromatic carbocycles. The molecule has 9 nitrogen and oxygen atoms in total. The molecule has 41 heavy (non-hydrogen) atoms. The van der Waals surface area contributed by atoms with Crippen molar-refractivity contribution in [2.75, 3.05) is 43.3 Å². The predicted molar refractivity (Wildman–Crippen MR) is 169 cm³/mol. The Labute approximate surface area is 244 Å². The third kappa shape index (κ3) is 7.10. The standard InChI is InChI=1S/C29H30N6O3S.C2H6/c1-33(39-22-6-3-2-4-7-22)29(37)20-10-12-21(13-11-20)35(31)19-25(30)23-8-5-9-24-26(36)18-27(32-28(23)24)34-14-16-38-17-15-34;1-2/h2-13,18-19H,14-17,30-31H2,1H3,(H,32,36);1-2H3/b25-19-;. The molecule has 1 aliphatic rings. The van der Waals surface area contributed by atoms with Crippen molar-refractivity contribution in [1.29, 1.82) is 0 Å². The second kappa shape index (κ2) is 13.9. The zero-order valence-electron chi connectivity index (χ0n) is 23.5. The van der Waals surface area contributed by atoms with Gasteiger partial charge in [0, 0.05) is 53.8 Å². The van der Waals surface area contributed by atoms with Crippen LogP contribution in [0.2, 0.25) is 0 Å². The number of hydrogen-bond acceptors (Lipinski definition) is 8. The lowest BCUT2D eigenvalue weighted by atomic mass is 10.1. The number of hydrazine groups is 1. The van der Waals surface area contributed by atoms with Crippen LogP contribution in [0, 0.1) is 0 Å². The van der Waals surface area contributed by atoms with E-state index in [9.17, 15) is 9.59 Å². The average molecular weight is 573 g/mol. The van der Waals surface area contributed by atoms with Crippen LogP contribution in [-0.4, -0.2) is 48.5 Å². The first-order valence-corrected chi connectivity index (χ1v) is 14.3. The summed E-state index contributed by atoms with van der Waals surface area (Å²) in [7, 11) is 1.74. The average Bonchev–Trinajstić information content (AvgIpc) is 3.02. The number of amides is 1. The Hall–Kier alpha value is -4.25. The number of benzene rings is 3. The van der Waals surface area contributed by atoms with Crippen molar-refractivity contribution >= 4 is 46.0 Å². The Morgan fingerprint density at radius 3 is 2.37 bits per heavy atom. The second-order valence-corrected chi connectivity index (χ2v) is 10.3. The molecular formula is C31H36N6O3S. The predicted octanol–water partition coefficient (Wildman–Crippen LogP) is 4.81. The van der Waals surface area contributed by atoms with Crippen LogP contribution in [0.3, 0.4) is 0 Å². The molecule has 0 saturated carbocycles. The van der Waals surface area contributed by atoms with Crippen LogP contribution in [-0.2, 0) is 4.74 Å². The van der Waals surface area contributed by atoms with Crippen LogP contribution in [0.25, 0.3) is 16.6 Å². The number of H-pyrrole nitrogens is 1. The molecule has 5 rings (SSSR count). The molecule has 1 amide bonds. The Morgan fingerprint density at radius 2 is 1.68 bits per heavy atom. The van der Waals surface area contributed by atoms with E-state index < -0.39 is 0 Å². The summed E-state index contributed by atoms with van der Waals surface area (Å²) in [4.78, 5) is 32.2. The van der Waals surface area contributed by atoms with E-state index in [2.05, 4.69) is 9.88 Å². The van der Waals surface area contributed by atoms with Gasteiger partial charge in [0.15, 0.2) is 5.43 Å². The van der Waals surface area contributed by atoms with Crippen molar-refractivity contribution < 1.29 is 9.53 Å². The number of hydrogen-bond donors (Lipinski definition) is 3. The van der Waals surface area contributed by atoms with Gasteiger partial charge in [-0.15, -0.1) is 0 Å². The molecule has 2 heterocycles. The lowest BCUT2D eigenvalue weighted by Gasteiger charge is -2.28. The SMILES string of the molecule is CC.CN(Sc1ccccc1)C(=O)c1ccc(N(N)/C=C(\N)c2cccc3c(=O)cc(N4CCOCC4)[nH]c23)cc1. The van der Waals surface area contributed by atoms with Gasteiger partial charge in [0.2, 0.25) is 0 Å². The monoisotopic (exact) mass is 572 g/mol. The highest BCUT2D eigenvalue weighted by Crippen LogP contribution is 2.25. The van der Waals surface area contributed by atoms with Crippen molar-refractivity contribution in [2.45, 2.75) is 18.7 Å². The minimum Gasteiger partial charge on any atom is -0.397 e. The first-order valence-electron chi connectivity index (χ1n) is 13.5. The number of pyridine rings is 1. The van der Waals surface area contributed by atoms with Gasteiger partial charge in [0.05, 0.1) is 30.1 Å². The lowest BCUT2D eigenvalue weighted by molar-refractivity contribution is 0.0892. The summed E-state index contributed by atoms with van der Waals surface area (Å²) >= 11 is 1.36. The quantitative estimate of drug-likeness (QED) is 0.164. The van der Waals surface area contributed by atoms with E-state index in [1.807, 2.05) is 50.2 Å². The first-order chi connectivity index (χ1) is 19.9. The molecule has 0 atom stereocenters. The van der Waals surface area contributed by atoms with E-state index in [4.69, 9.17) is 16.3 Å². The van der Waals surface area contributed by atoms with E-state index in [-0.39, 0.29) is 11.3 Å². The number of morpholine rings is 1. The zero-order valence-corrected chi connectivity index (χ0v) is 24.4. The summed E-state index contributed by atoms with van der Waals surface area (Å²) < 4.78 is 7.03. The van der Waals surface area contributed by atoms with Crippen molar-refractivity contribution in [1.82, 2.24) is 9.29 Å². The van der Waals surface area contributed by atoms with E-state index in [1.165, 1.54) is 17.0 Å². The number of anilines is 2. The number of fused-ring (bicyclic) bond motifs is 1. The zero-order chi connectivity index (χ0) is 29.4. The highest BCUT2D eigenvalue weighted by atomic mass is 32.2. The number of ether oxygens (including phenoxy) is 1. The Kier molecular flexibility index (Phi) is 10.1. The number of carbonyl (C=O) groups excluding carboxylic acids is 1. The minimum absolute atomic E-state index is 0.0832. The number of nitrogens with two attached hydrogens (primary N) is 2. The van der Waals surface area contributed by atoms with Crippen LogP contribution in [0.15, 0.2) is 94.8 Å². The van der Waals surface area contributed by atoms with Gasteiger partial charge in [0.1, 0.15) is 5.82 Å². The largest absolute Gasteiger partial charge is 0.397 e. The molecule has 1 fully saturated rings. The van der Waals surface area contributed by atoms with Crippen molar-refractivity contribution in [3.63, 3.8) is 0 Å². The van der Waals surface area contributed by atoms with Crippen molar-refractivity contribution in [3.8, 4) is 0 Å². The van der Waals surface area contributed by atoms with Gasteiger partial charge in [-0.25, -0.2) is 5.84 Å². The Balaban J connectivity index is 0.00000189. The molecule has 1 aliphatic heterocycles. The highest BCUT2D eigenvalue weighted by Gasteiger charge is 2.16. The van der Waals surface area contributed by atoms with Crippen LogP contribution >= 0.6 is 11.9 Å². The van der Waals surface area contributed by atoms with E-state index in [1.54, 1.807) is 60.0 Å².